The lowest BCUT2D eigenvalue weighted by Gasteiger charge is -2.08. The van der Waals surface area contributed by atoms with Crippen molar-refractivity contribution in [3.63, 3.8) is 0 Å². The molecule has 112 valence electrons. The number of carbonyl (C=O) groups is 1. The number of anilines is 1. The van der Waals surface area contributed by atoms with E-state index in [1.54, 1.807) is 20.8 Å². The van der Waals surface area contributed by atoms with Crippen LogP contribution in [0.5, 0.6) is 0 Å². The highest BCUT2D eigenvalue weighted by Gasteiger charge is 2.21. The SMILES string of the molecule is Cc1ccc(S(=O)(=O)Nc2onc(C)c2C)cc1C(=O)O. The number of aryl methyl sites for hydroxylation is 2. The maximum absolute atomic E-state index is 12.3. The Morgan fingerprint density at radius 2 is 1.95 bits per heavy atom. The molecule has 0 unspecified atom stereocenters. The quantitative estimate of drug-likeness (QED) is 0.895. The summed E-state index contributed by atoms with van der Waals surface area (Å²) < 4.78 is 31.7. The normalized spacial score (nSPS) is 11.4. The van der Waals surface area contributed by atoms with Gasteiger partial charge in [-0.2, -0.15) is 0 Å². The predicted octanol–water partition coefficient (Wildman–Crippen LogP) is 2.10. The van der Waals surface area contributed by atoms with Crippen LogP contribution in [0.3, 0.4) is 0 Å². The summed E-state index contributed by atoms with van der Waals surface area (Å²) in [6, 6.07) is 3.89. The third-order valence-electron chi connectivity index (χ3n) is 3.13. The van der Waals surface area contributed by atoms with Gasteiger partial charge in [-0.15, -0.1) is 0 Å². The Morgan fingerprint density at radius 3 is 2.48 bits per heavy atom. The molecule has 0 spiro atoms. The summed E-state index contributed by atoms with van der Waals surface area (Å²) in [4.78, 5) is 10.9. The zero-order chi connectivity index (χ0) is 15.8. The lowest BCUT2D eigenvalue weighted by atomic mass is 10.1. The van der Waals surface area contributed by atoms with Gasteiger partial charge in [-0.1, -0.05) is 11.2 Å². The molecule has 0 saturated carbocycles. The van der Waals surface area contributed by atoms with Crippen molar-refractivity contribution in [2.45, 2.75) is 25.7 Å². The van der Waals surface area contributed by atoms with Crippen molar-refractivity contribution in [3.8, 4) is 0 Å². The Bertz CT molecular complexity index is 808. The van der Waals surface area contributed by atoms with Gasteiger partial charge in [0.15, 0.2) is 0 Å². The first kappa shape index (κ1) is 15.0. The van der Waals surface area contributed by atoms with E-state index in [4.69, 9.17) is 9.63 Å². The number of carboxylic acid groups (broad SMARTS) is 1. The monoisotopic (exact) mass is 310 g/mol. The Kier molecular flexibility index (Phi) is 3.73. The summed E-state index contributed by atoms with van der Waals surface area (Å²) in [6.45, 7) is 4.95. The minimum Gasteiger partial charge on any atom is -0.478 e. The molecule has 0 atom stereocenters. The number of hydrogen-bond donors (Lipinski definition) is 2. The van der Waals surface area contributed by atoms with Crippen molar-refractivity contribution in [1.29, 1.82) is 0 Å². The van der Waals surface area contributed by atoms with Gasteiger partial charge in [-0.3, -0.25) is 0 Å². The Morgan fingerprint density at radius 1 is 1.29 bits per heavy atom. The molecule has 2 rings (SSSR count). The molecule has 21 heavy (non-hydrogen) atoms. The van der Waals surface area contributed by atoms with Gasteiger partial charge in [0.2, 0.25) is 5.88 Å². The third-order valence-corrected chi connectivity index (χ3v) is 4.46. The number of nitrogens with one attached hydrogen (secondary N) is 1. The first-order valence-electron chi connectivity index (χ1n) is 6.02. The molecule has 0 amide bonds. The average Bonchev–Trinajstić information content (AvgIpc) is 2.70. The first-order chi connectivity index (χ1) is 9.72. The van der Waals surface area contributed by atoms with Crippen LogP contribution >= 0.6 is 0 Å². The molecule has 0 aliphatic carbocycles. The van der Waals surface area contributed by atoms with Gasteiger partial charge < -0.3 is 9.63 Å². The second kappa shape index (κ2) is 5.21. The highest BCUT2D eigenvalue weighted by Crippen LogP contribution is 2.23. The smallest absolute Gasteiger partial charge is 0.335 e. The van der Waals surface area contributed by atoms with Gasteiger partial charge in [0, 0.05) is 5.56 Å². The van der Waals surface area contributed by atoms with E-state index in [9.17, 15) is 13.2 Å². The molecule has 8 heteroatoms. The first-order valence-corrected chi connectivity index (χ1v) is 7.50. The molecule has 1 aromatic heterocycles. The van der Waals surface area contributed by atoms with Crippen LogP contribution in [0.1, 0.15) is 27.2 Å². The van der Waals surface area contributed by atoms with Crippen molar-refractivity contribution in [1.82, 2.24) is 5.16 Å². The van der Waals surface area contributed by atoms with Crippen LogP contribution in [-0.2, 0) is 10.0 Å². The summed E-state index contributed by atoms with van der Waals surface area (Å²) in [7, 11) is -3.94. The molecule has 0 aliphatic heterocycles. The zero-order valence-corrected chi connectivity index (χ0v) is 12.5. The molecule has 2 N–H and O–H groups in total. The summed E-state index contributed by atoms with van der Waals surface area (Å²) in [6.07, 6.45) is 0. The number of hydrogen-bond acceptors (Lipinski definition) is 5. The van der Waals surface area contributed by atoms with Gasteiger partial charge in [-0.05, 0) is 38.5 Å². The van der Waals surface area contributed by atoms with Crippen LogP contribution in [0.2, 0.25) is 0 Å². The van der Waals surface area contributed by atoms with Crippen LogP contribution in [0.15, 0.2) is 27.6 Å². The van der Waals surface area contributed by atoms with E-state index < -0.39 is 16.0 Å². The van der Waals surface area contributed by atoms with E-state index in [2.05, 4.69) is 9.88 Å². The van der Waals surface area contributed by atoms with Crippen LogP contribution in [-0.4, -0.2) is 24.7 Å². The van der Waals surface area contributed by atoms with Crippen molar-refractivity contribution in [2.24, 2.45) is 0 Å². The largest absolute Gasteiger partial charge is 0.478 e. The molecule has 1 heterocycles. The number of sulfonamides is 1. The lowest BCUT2D eigenvalue weighted by Crippen LogP contribution is -2.14. The number of benzene rings is 1. The van der Waals surface area contributed by atoms with Crippen LogP contribution in [0.4, 0.5) is 5.88 Å². The Labute approximate surface area is 121 Å². The summed E-state index contributed by atoms with van der Waals surface area (Å²) in [5.74, 6) is -1.17. The minimum atomic E-state index is -3.94. The van der Waals surface area contributed by atoms with E-state index >= 15 is 0 Å². The summed E-state index contributed by atoms with van der Waals surface area (Å²) >= 11 is 0. The fourth-order valence-corrected chi connectivity index (χ4v) is 2.76. The van der Waals surface area contributed by atoms with Crippen molar-refractivity contribution >= 4 is 21.9 Å². The molecule has 0 fully saturated rings. The van der Waals surface area contributed by atoms with Gasteiger partial charge in [0.25, 0.3) is 10.0 Å². The van der Waals surface area contributed by atoms with Crippen LogP contribution in [0, 0.1) is 20.8 Å². The minimum absolute atomic E-state index is 0.0185. The molecular weight excluding hydrogens is 296 g/mol. The highest BCUT2D eigenvalue weighted by atomic mass is 32.2. The second-order valence-corrected chi connectivity index (χ2v) is 6.29. The van der Waals surface area contributed by atoms with Crippen LogP contribution in [0.25, 0.3) is 0 Å². The third kappa shape index (κ3) is 2.89. The van der Waals surface area contributed by atoms with E-state index in [0.29, 0.717) is 16.8 Å². The molecule has 2 aromatic rings. The molecular formula is C13H14N2O5S. The van der Waals surface area contributed by atoms with Crippen molar-refractivity contribution in [3.05, 3.63) is 40.6 Å². The maximum Gasteiger partial charge on any atom is 0.335 e. The number of rotatable bonds is 4. The van der Waals surface area contributed by atoms with Gasteiger partial charge in [0.05, 0.1) is 16.2 Å². The van der Waals surface area contributed by atoms with E-state index in [1.165, 1.54) is 12.1 Å². The second-order valence-electron chi connectivity index (χ2n) is 4.61. The molecule has 0 bridgehead atoms. The topological polar surface area (TPSA) is 110 Å². The van der Waals surface area contributed by atoms with E-state index in [-0.39, 0.29) is 16.3 Å². The Hall–Kier alpha value is -2.35. The molecule has 0 radical (unpaired) electrons. The fraction of sp³-hybridized carbons (Fsp3) is 0.231. The summed E-state index contributed by atoms with van der Waals surface area (Å²) in [5.41, 5.74) is 1.56. The van der Waals surface area contributed by atoms with Crippen LogP contribution < -0.4 is 4.72 Å². The average molecular weight is 310 g/mol. The molecule has 7 nitrogen and oxygen atoms in total. The van der Waals surface area contributed by atoms with Crippen molar-refractivity contribution < 1.29 is 22.8 Å². The molecule has 0 saturated heterocycles. The maximum atomic E-state index is 12.3. The van der Waals surface area contributed by atoms with Crippen molar-refractivity contribution in [2.75, 3.05) is 4.72 Å². The molecule has 1 aromatic carbocycles. The lowest BCUT2D eigenvalue weighted by molar-refractivity contribution is 0.0696. The van der Waals surface area contributed by atoms with Gasteiger partial charge in [-0.25, -0.2) is 17.9 Å². The number of nitrogens with zero attached hydrogens (tertiary/aromatic N) is 1. The van der Waals surface area contributed by atoms with E-state index in [0.717, 1.165) is 6.07 Å². The molecule has 0 aliphatic rings. The number of carboxylic acids is 1. The Balaban J connectivity index is 2.43. The van der Waals surface area contributed by atoms with Gasteiger partial charge in [0.1, 0.15) is 0 Å². The number of aromatic carboxylic acids is 1. The summed E-state index contributed by atoms with van der Waals surface area (Å²) in [5, 5.41) is 12.7. The zero-order valence-electron chi connectivity index (χ0n) is 11.7. The fourth-order valence-electron chi connectivity index (χ4n) is 1.69. The van der Waals surface area contributed by atoms with E-state index in [1.807, 2.05) is 0 Å². The number of aromatic nitrogens is 1. The standard InChI is InChI=1S/C13H14N2O5S/c1-7-4-5-10(6-11(7)13(16)17)21(18,19)15-12-8(2)9(3)14-20-12/h4-6,15H,1-3H3,(H,16,17). The highest BCUT2D eigenvalue weighted by molar-refractivity contribution is 7.92. The van der Waals surface area contributed by atoms with Gasteiger partial charge >= 0.3 is 5.97 Å². The predicted molar refractivity (Wildman–Crippen MR) is 74.9 cm³/mol.